The van der Waals surface area contributed by atoms with Gasteiger partial charge in [-0.25, -0.2) is 22.4 Å². The topological polar surface area (TPSA) is 111 Å². The van der Waals surface area contributed by atoms with Gasteiger partial charge in [0.05, 0.1) is 35.5 Å². The molecule has 3 rings (SSSR count). The molecule has 0 spiro atoms. The Hall–Kier alpha value is -3.40. The molecule has 1 aliphatic rings. The van der Waals surface area contributed by atoms with Crippen LogP contribution in [-0.2, 0) is 19.4 Å². The molecule has 1 heterocycles. The molecule has 2 amide bonds. The number of rotatable bonds is 8. The molecule has 2 aromatic carbocycles. The summed E-state index contributed by atoms with van der Waals surface area (Å²) in [5.74, 6) is -1.61. The second-order valence-electron chi connectivity index (χ2n) is 6.83. The van der Waals surface area contributed by atoms with E-state index in [2.05, 4.69) is 10.6 Å². The third-order valence-corrected chi connectivity index (χ3v) is 6.35. The summed E-state index contributed by atoms with van der Waals surface area (Å²) in [5.41, 5.74) is 0.307. The lowest BCUT2D eigenvalue weighted by Crippen LogP contribution is -2.47. The number of hydrogen-bond donors (Lipinski definition) is 2. The molecule has 170 valence electrons. The molecule has 8 nitrogen and oxygen atoms in total. The molecule has 0 saturated carbocycles. The van der Waals surface area contributed by atoms with Crippen LogP contribution in [0, 0.1) is 5.82 Å². The van der Waals surface area contributed by atoms with E-state index in [0.29, 0.717) is 17.9 Å². The Labute approximate surface area is 185 Å². The second kappa shape index (κ2) is 9.82. The van der Waals surface area contributed by atoms with E-state index in [1.165, 1.54) is 0 Å². The smallest absolute Gasteiger partial charge is 0.338 e. The molecule has 32 heavy (non-hydrogen) atoms. The van der Waals surface area contributed by atoms with Gasteiger partial charge in [-0.15, -0.1) is 0 Å². The first kappa shape index (κ1) is 23.3. The lowest BCUT2D eigenvalue weighted by molar-refractivity contribution is -0.139. The Morgan fingerprint density at radius 1 is 1.06 bits per heavy atom. The normalized spacial score (nSPS) is 16.2. The van der Waals surface area contributed by atoms with Gasteiger partial charge in [0.2, 0.25) is 0 Å². The van der Waals surface area contributed by atoms with E-state index in [9.17, 15) is 22.4 Å². The zero-order chi connectivity index (χ0) is 23.3. The number of carbonyl (C=O) groups is 2. The SMILES string of the molecule is CCOC(=O)C1=C(CS(=O)(=O)c2ccc(F)cc2)NC(=O)N[C@H]1c1ccccc1OCC. The molecule has 0 unspecified atom stereocenters. The number of para-hydroxylation sites is 1. The van der Waals surface area contributed by atoms with Crippen molar-refractivity contribution in [2.75, 3.05) is 19.0 Å². The first-order chi connectivity index (χ1) is 15.3. The number of urea groups is 1. The molecule has 0 radical (unpaired) electrons. The lowest BCUT2D eigenvalue weighted by Gasteiger charge is -2.30. The van der Waals surface area contributed by atoms with Gasteiger partial charge in [-0.05, 0) is 44.2 Å². The summed E-state index contributed by atoms with van der Waals surface area (Å²) in [4.78, 5) is 25.2. The summed E-state index contributed by atoms with van der Waals surface area (Å²) >= 11 is 0. The number of nitrogens with one attached hydrogen (secondary N) is 2. The highest BCUT2D eigenvalue weighted by Gasteiger charge is 2.37. The third-order valence-electron chi connectivity index (χ3n) is 4.69. The Morgan fingerprint density at radius 3 is 2.41 bits per heavy atom. The first-order valence-electron chi connectivity index (χ1n) is 9.94. The summed E-state index contributed by atoms with van der Waals surface area (Å²) in [7, 11) is -4.01. The molecule has 0 bridgehead atoms. The van der Waals surface area contributed by atoms with E-state index in [1.807, 2.05) is 0 Å². The predicted octanol–water partition coefficient (Wildman–Crippen LogP) is 2.87. The van der Waals surface area contributed by atoms with Crippen molar-refractivity contribution in [2.24, 2.45) is 0 Å². The number of benzene rings is 2. The summed E-state index contributed by atoms with van der Waals surface area (Å²) < 4.78 is 49.9. The number of ether oxygens (including phenoxy) is 2. The van der Waals surface area contributed by atoms with E-state index in [-0.39, 0.29) is 22.8 Å². The summed E-state index contributed by atoms with van der Waals surface area (Å²) in [5, 5.41) is 5.08. The molecule has 0 aliphatic carbocycles. The maximum absolute atomic E-state index is 13.2. The Morgan fingerprint density at radius 2 is 1.75 bits per heavy atom. The van der Waals surface area contributed by atoms with Crippen molar-refractivity contribution in [1.82, 2.24) is 10.6 Å². The number of sulfone groups is 1. The largest absolute Gasteiger partial charge is 0.494 e. The molecule has 0 saturated heterocycles. The monoisotopic (exact) mass is 462 g/mol. The fraction of sp³-hybridized carbons (Fsp3) is 0.273. The van der Waals surface area contributed by atoms with E-state index in [0.717, 1.165) is 24.3 Å². The van der Waals surface area contributed by atoms with E-state index in [4.69, 9.17) is 9.47 Å². The van der Waals surface area contributed by atoms with E-state index in [1.54, 1.807) is 38.1 Å². The van der Waals surface area contributed by atoms with Gasteiger partial charge in [0, 0.05) is 11.3 Å². The Balaban J connectivity index is 2.12. The van der Waals surface area contributed by atoms with Gasteiger partial charge in [-0.3, -0.25) is 0 Å². The maximum Gasteiger partial charge on any atom is 0.338 e. The van der Waals surface area contributed by atoms with Crippen LogP contribution < -0.4 is 15.4 Å². The molecular formula is C22H23FN2O6S. The van der Waals surface area contributed by atoms with E-state index < -0.39 is 39.4 Å². The lowest BCUT2D eigenvalue weighted by atomic mass is 9.95. The van der Waals surface area contributed by atoms with Crippen LogP contribution in [0.1, 0.15) is 25.5 Å². The second-order valence-corrected chi connectivity index (χ2v) is 8.82. The van der Waals surface area contributed by atoms with Crippen molar-refractivity contribution in [3.8, 4) is 5.75 Å². The van der Waals surface area contributed by atoms with Crippen LogP contribution in [0.2, 0.25) is 0 Å². The number of halogens is 1. The summed E-state index contributed by atoms with van der Waals surface area (Å²) in [6.07, 6.45) is 0. The van der Waals surface area contributed by atoms with Crippen LogP contribution in [0.15, 0.2) is 64.7 Å². The van der Waals surface area contributed by atoms with Gasteiger partial charge in [-0.1, -0.05) is 18.2 Å². The Kier molecular flexibility index (Phi) is 7.14. The van der Waals surface area contributed by atoms with Crippen molar-refractivity contribution in [3.05, 3.63) is 71.2 Å². The fourth-order valence-corrected chi connectivity index (χ4v) is 4.66. The summed E-state index contributed by atoms with van der Waals surface area (Å²) in [6, 6.07) is 9.43. The van der Waals surface area contributed by atoms with Crippen molar-refractivity contribution >= 4 is 21.8 Å². The number of amides is 2. The van der Waals surface area contributed by atoms with Gasteiger partial charge in [0.1, 0.15) is 11.6 Å². The highest BCUT2D eigenvalue weighted by Crippen LogP contribution is 2.34. The average Bonchev–Trinajstić information content (AvgIpc) is 2.74. The van der Waals surface area contributed by atoms with Crippen LogP contribution in [0.25, 0.3) is 0 Å². The molecule has 1 aliphatic heterocycles. The van der Waals surface area contributed by atoms with Gasteiger partial charge >= 0.3 is 12.0 Å². The molecule has 2 N–H and O–H groups in total. The quantitative estimate of drug-likeness (QED) is 0.461. The van der Waals surface area contributed by atoms with Crippen LogP contribution >= 0.6 is 0 Å². The van der Waals surface area contributed by atoms with Crippen molar-refractivity contribution in [3.63, 3.8) is 0 Å². The van der Waals surface area contributed by atoms with Crippen LogP contribution in [0.5, 0.6) is 5.75 Å². The van der Waals surface area contributed by atoms with Crippen molar-refractivity contribution in [1.29, 1.82) is 0 Å². The third kappa shape index (κ3) is 5.08. The minimum absolute atomic E-state index is 0.0497. The minimum Gasteiger partial charge on any atom is -0.494 e. The molecule has 1 atom stereocenters. The zero-order valence-corrected chi connectivity index (χ0v) is 18.4. The van der Waals surface area contributed by atoms with Crippen LogP contribution in [0.4, 0.5) is 9.18 Å². The molecule has 0 aromatic heterocycles. The highest BCUT2D eigenvalue weighted by molar-refractivity contribution is 7.91. The summed E-state index contributed by atoms with van der Waals surface area (Å²) in [6.45, 7) is 3.81. The van der Waals surface area contributed by atoms with E-state index >= 15 is 0 Å². The molecule has 0 fully saturated rings. The highest BCUT2D eigenvalue weighted by atomic mass is 32.2. The van der Waals surface area contributed by atoms with Crippen LogP contribution in [0.3, 0.4) is 0 Å². The molecule has 2 aromatic rings. The maximum atomic E-state index is 13.2. The number of hydrogen-bond acceptors (Lipinski definition) is 6. The average molecular weight is 462 g/mol. The van der Waals surface area contributed by atoms with Gasteiger partial charge < -0.3 is 20.1 Å². The molecule has 10 heteroatoms. The van der Waals surface area contributed by atoms with Gasteiger partial charge in [0.15, 0.2) is 9.84 Å². The van der Waals surface area contributed by atoms with Gasteiger partial charge in [-0.2, -0.15) is 0 Å². The van der Waals surface area contributed by atoms with Gasteiger partial charge in [0.25, 0.3) is 0 Å². The zero-order valence-electron chi connectivity index (χ0n) is 17.6. The van der Waals surface area contributed by atoms with Crippen LogP contribution in [-0.4, -0.2) is 39.4 Å². The van der Waals surface area contributed by atoms with Crippen molar-refractivity contribution < 1.29 is 31.9 Å². The fourth-order valence-electron chi connectivity index (χ4n) is 3.34. The first-order valence-corrected chi connectivity index (χ1v) is 11.6. The number of carbonyl (C=O) groups excluding carboxylic acids is 2. The molecular weight excluding hydrogens is 439 g/mol. The minimum atomic E-state index is -4.01. The predicted molar refractivity (Wildman–Crippen MR) is 114 cm³/mol. The van der Waals surface area contributed by atoms with Crippen molar-refractivity contribution in [2.45, 2.75) is 24.8 Å². The standard InChI is InChI=1S/C22H23FN2O6S/c1-3-30-18-8-6-5-7-16(18)20-19(21(26)31-4-2)17(24-22(27)25-20)13-32(28,29)15-11-9-14(23)10-12-15/h5-12,20H,3-4,13H2,1-2H3,(H2,24,25,27)/t20-/m0/s1. The number of esters is 1. The Bertz CT molecular complexity index is 1150.